The van der Waals surface area contributed by atoms with Gasteiger partial charge in [-0.25, -0.2) is 0 Å². The summed E-state index contributed by atoms with van der Waals surface area (Å²) in [6.45, 7) is 6.64. The molecule has 0 amide bonds. The first-order valence-electron chi connectivity index (χ1n) is 10.7. The number of hydrogen-bond donors (Lipinski definition) is 0. The van der Waals surface area contributed by atoms with Gasteiger partial charge in [-0.15, -0.1) is 0 Å². The summed E-state index contributed by atoms with van der Waals surface area (Å²) < 4.78 is 6.67. The molecule has 2 heteroatoms. The van der Waals surface area contributed by atoms with Crippen LogP contribution in [-0.4, -0.2) is 11.6 Å². The maximum atomic E-state index is 12.9. The Morgan fingerprint density at radius 2 is 1.54 bits per heavy atom. The molecule has 24 heavy (non-hydrogen) atoms. The third kappa shape index (κ3) is 2.38. The van der Waals surface area contributed by atoms with Crippen LogP contribution in [0.4, 0.5) is 0 Å². The highest BCUT2D eigenvalue weighted by Crippen LogP contribution is 2.67. The second-order valence-electron chi connectivity index (χ2n) is 9.95. The molecule has 5 aliphatic rings. The molecule has 0 aliphatic heterocycles. The fraction of sp³-hybridized carbons (Fsp3) is 0.955. The van der Waals surface area contributed by atoms with Crippen LogP contribution in [0.15, 0.2) is 0 Å². The second-order valence-corrected chi connectivity index (χ2v) is 9.95. The van der Waals surface area contributed by atoms with E-state index in [1.165, 1.54) is 64.2 Å². The maximum Gasteiger partial charge on any atom is 0.309 e. The van der Waals surface area contributed by atoms with Gasteiger partial charge < -0.3 is 4.74 Å². The number of esters is 1. The average molecular weight is 333 g/mol. The number of hydrogen-bond acceptors (Lipinski definition) is 2. The van der Waals surface area contributed by atoms with Gasteiger partial charge in [-0.2, -0.15) is 0 Å². The predicted molar refractivity (Wildman–Crippen MR) is 96.5 cm³/mol. The third-order valence-corrected chi connectivity index (χ3v) is 8.54. The summed E-state index contributed by atoms with van der Waals surface area (Å²) in [5, 5.41) is 0. The van der Waals surface area contributed by atoms with Crippen molar-refractivity contribution in [2.45, 2.75) is 97.0 Å². The Hall–Kier alpha value is -0.530. The first-order chi connectivity index (χ1) is 11.5. The van der Waals surface area contributed by atoms with Crippen molar-refractivity contribution in [1.29, 1.82) is 0 Å². The van der Waals surface area contributed by atoms with Crippen molar-refractivity contribution >= 4 is 5.97 Å². The topological polar surface area (TPSA) is 26.3 Å². The molecule has 5 rings (SSSR count). The molecule has 2 nitrogen and oxygen atoms in total. The zero-order chi connectivity index (χ0) is 16.9. The van der Waals surface area contributed by atoms with E-state index in [1.807, 2.05) is 0 Å². The van der Waals surface area contributed by atoms with Crippen LogP contribution in [0.25, 0.3) is 0 Å². The number of carbonyl (C=O) groups is 1. The molecular weight excluding hydrogens is 296 g/mol. The van der Waals surface area contributed by atoms with Crippen LogP contribution in [0.3, 0.4) is 0 Å². The first-order valence-corrected chi connectivity index (χ1v) is 10.7. The van der Waals surface area contributed by atoms with Gasteiger partial charge in [-0.3, -0.25) is 4.79 Å². The van der Waals surface area contributed by atoms with Gasteiger partial charge in [0.1, 0.15) is 5.60 Å². The van der Waals surface area contributed by atoms with Crippen molar-refractivity contribution in [2.75, 3.05) is 0 Å². The van der Waals surface area contributed by atoms with Crippen molar-refractivity contribution < 1.29 is 9.53 Å². The van der Waals surface area contributed by atoms with E-state index >= 15 is 0 Å². The van der Waals surface area contributed by atoms with Gasteiger partial charge in [0.25, 0.3) is 0 Å². The normalized spacial score (nSPS) is 44.3. The van der Waals surface area contributed by atoms with E-state index in [4.69, 9.17) is 4.74 Å². The zero-order valence-corrected chi connectivity index (χ0v) is 16.0. The summed E-state index contributed by atoms with van der Waals surface area (Å²) in [7, 11) is 0. The van der Waals surface area contributed by atoms with E-state index in [1.54, 1.807) is 0 Å². The lowest BCUT2D eigenvalue weighted by molar-refractivity contribution is -0.259. The molecule has 136 valence electrons. The molecule has 1 atom stereocenters. The Balaban J connectivity index is 1.71. The van der Waals surface area contributed by atoms with Gasteiger partial charge >= 0.3 is 5.97 Å². The average Bonchev–Trinajstić information content (AvgIpc) is 2.57. The molecule has 5 fully saturated rings. The molecule has 5 aliphatic carbocycles. The summed E-state index contributed by atoms with van der Waals surface area (Å²) >= 11 is 0. The van der Waals surface area contributed by atoms with Gasteiger partial charge in [0.05, 0.1) is 5.92 Å². The van der Waals surface area contributed by atoms with E-state index in [2.05, 4.69) is 20.8 Å². The molecule has 0 spiro atoms. The third-order valence-electron chi connectivity index (χ3n) is 8.54. The molecule has 0 N–H and O–H groups in total. The van der Waals surface area contributed by atoms with E-state index in [-0.39, 0.29) is 22.9 Å². The first kappa shape index (κ1) is 16.9. The highest BCUT2D eigenvalue weighted by atomic mass is 16.6. The van der Waals surface area contributed by atoms with Crippen LogP contribution < -0.4 is 0 Å². The fourth-order valence-electron chi connectivity index (χ4n) is 7.32. The van der Waals surface area contributed by atoms with Gasteiger partial charge in [-0.1, -0.05) is 40.0 Å². The Labute approximate surface area is 148 Å². The van der Waals surface area contributed by atoms with Gasteiger partial charge in [0, 0.05) is 17.3 Å². The fourth-order valence-corrected chi connectivity index (χ4v) is 7.32. The lowest BCUT2D eigenvalue weighted by Gasteiger charge is -2.66. The molecule has 1 unspecified atom stereocenters. The zero-order valence-electron chi connectivity index (χ0n) is 16.0. The van der Waals surface area contributed by atoms with Crippen molar-refractivity contribution in [3.8, 4) is 0 Å². The number of ether oxygens (including phenoxy) is 1. The minimum Gasteiger partial charge on any atom is -0.458 e. The standard InChI is InChI=1S/C22H36O2/c1-4-15(2)20(23)24-22(21(3)8-6-5-7-9-21)18-11-16-10-17(13-18)14-19(22)12-16/h15-19H,4-14H2,1-3H3. The lowest BCUT2D eigenvalue weighted by Crippen LogP contribution is -2.67. The molecule has 0 aromatic heterocycles. The summed E-state index contributed by atoms with van der Waals surface area (Å²) in [6.07, 6.45) is 14.2. The predicted octanol–water partition coefficient (Wildman–Crippen LogP) is 5.74. The minimum atomic E-state index is -0.138. The van der Waals surface area contributed by atoms with Crippen molar-refractivity contribution in [1.82, 2.24) is 0 Å². The largest absolute Gasteiger partial charge is 0.458 e. The van der Waals surface area contributed by atoms with E-state index in [9.17, 15) is 4.79 Å². The summed E-state index contributed by atoms with van der Waals surface area (Å²) in [4.78, 5) is 12.9. The summed E-state index contributed by atoms with van der Waals surface area (Å²) in [6, 6.07) is 0. The Morgan fingerprint density at radius 1 is 1.00 bits per heavy atom. The molecule has 0 aromatic carbocycles. The SMILES string of the molecule is CCC(C)C(=O)OC1(C2(C)CCCCC2)C2CC3CC(C2)CC1C3. The van der Waals surface area contributed by atoms with Crippen LogP contribution in [0.5, 0.6) is 0 Å². The summed E-state index contributed by atoms with van der Waals surface area (Å²) in [5.41, 5.74) is 0.0817. The Bertz CT molecular complexity index is 460. The highest BCUT2D eigenvalue weighted by Gasteiger charge is 2.66. The van der Waals surface area contributed by atoms with Crippen LogP contribution in [0, 0.1) is 35.0 Å². The van der Waals surface area contributed by atoms with Crippen LogP contribution in [0.1, 0.15) is 91.4 Å². The van der Waals surface area contributed by atoms with Crippen molar-refractivity contribution in [3.05, 3.63) is 0 Å². The van der Waals surface area contributed by atoms with Crippen LogP contribution in [0.2, 0.25) is 0 Å². The van der Waals surface area contributed by atoms with Crippen molar-refractivity contribution in [2.24, 2.45) is 35.0 Å². The summed E-state index contributed by atoms with van der Waals surface area (Å²) in [5.74, 6) is 3.28. The quantitative estimate of drug-likeness (QED) is 0.613. The van der Waals surface area contributed by atoms with Crippen molar-refractivity contribution in [3.63, 3.8) is 0 Å². The van der Waals surface area contributed by atoms with Gasteiger partial charge in [0.2, 0.25) is 0 Å². The van der Waals surface area contributed by atoms with Crippen LogP contribution in [-0.2, 0) is 9.53 Å². The molecule has 5 saturated carbocycles. The molecular formula is C22H36O2. The Kier molecular flexibility index (Phi) is 4.24. The van der Waals surface area contributed by atoms with E-state index < -0.39 is 0 Å². The smallest absolute Gasteiger partial charge is 0.309 e. The van der Waals surface area contributed by atoms with Gasteiger partial charge in [-0.05, 0) is 63.2 Å². The molecule has 0 radical (unpaired) electrons. The number of carbonyl (C=O) groups excluding carboxylic acids is 1. The lowest BCUT2D eigenvalue weighted by atomic mass is 9.42. The van der Waals surface area contributed by atoms with E-state index in [0.717, 1.165) is 18.3 Å². The molecule has 0 heterocycles. The molecule has 0 aromatic rings. The maximum absolute atomic E-state index is 12.9. The highest BCUT2D eigenvalue weighted by molar-refractivity contribution is 5.72. The molecule has 4 bridgehead atoms. The van der Waals surface area contributed by atoms with E-state index in [0.29, 0.717) is 11.8 Å². The molecule has 0 saturated heterocycles. The second kappa shape index (κ2) is 6.02. The monoisotopic (exact) mass is 332 g/mol. The number of rotatable bonds is 4. The minimum absolute atomic E-state index is 0.0475. The Morgan fingerprint density at radius 3 is 2.04 bits per heavy atom. The van der Waals surface area contributed by atoms with Gasteiger partial charge in [0.15, 0.2) is 0 Å². The van der Waals surface area contributed by atoms with Crippen LogP contribution >= 0.6 is 0 Å².